The molecule has 7 heteroatoms. The molecule has 5 heterocycles. The number of hydrogen-bond acceptors (Lipinski definition) is 6. The van der Waals surface area contributed by atoms with E-state index in [2.05, 4.69) is 25.6 Å². The number of aromatic nitrogens is 4. The number of furan rings is 1. The minimum absolute atomic E-state index is 0.0591. The zero-order valence-corrected chi connectivity index (χ0v) is 18.6. The minimum atomic E-state index is 0.0591. The number of fused-ring (bicyclic) bond motifs is 3. The Balaban J connectivity index is 1.35. The molecule has 0 radical (unpaired) electrons. The fourth-order valence-corrected chi connectivity index (χ4v) is 4.87. The van der Waals surface area contributed by atoms with E-state index in [0.717, 1.165) is 44.7 Å². The van der Waals surface area contributed by atoms with Crippen molar-refractivity contribution in [2.45, 2.75) is 13.1 Å². The fourth-order valence-electron chi connectivity index (χ4n) is 4.87. The summed E-state index contributed by atoms with van der Waals surface area (Å²) in [5, 5.41) is 1.72. The van der Waals surface area contributed by atoms with Crippen molar-refractivity contribution in [1.82, 2.24) is 19.5 Å². The molecule has 0 unspecified atom stereocenters. The van der Waals surface area contributed by atoms with E-state index < -0.39 is 0 Å². The molecule has 0 spiro atoms. The SMILES string of the molecule is O=c1c2c(n(-c3ccc4occc4c3)c3ccccc13)CN(c1ncc(-c3ccccn3)cn1)C2. The lowest BCUT2D eigenvalue weighted by molar-refractivity contribution is 0.616. The molecule has 0 atom stereocenters. The summed E-state index contributed by atoms with van der Waals surface area (Å²) in [5.41, 5.74) is 6.16. The molecular formula is C28H19N5O2. The van der Waals surface area contributed by atoms with Crippen LogP contribution in [-0.4, -0.2) is 19.5 Å². The fraction of sp³-hybridized carbons (Fsp3) is 0.0714. The van der Waals surface area contributed by atoms with E-state index in [1.165, 1.54) is 0 Å². The first kappa shape index (κ1) is 19.7. The van der Waals surface area contributed by atoms with Crippen LogP contribution >= 0.6 is 0 Å². The Kier molecular flexibility index (Phi) is 4.29. The van der Waals surface area contributed by atoms with Crippen LogP contribution < -0.4 is 10.3 Å². The second-order valence-corrected chi connectivity index (χ2v) is 8.59. The van der Waals surface area contributed by atoms with E-state index in [1.54, 1.807) is 24.9 Å². The first-order chi connectivity index (χ1) is 17.3. The lowest BCUT2D eigenvalue weighted by atomic mass is 10.1. The molecular weight excluding hydrogens is 438 g/mol. The Labute approximate surface area is 199 Å². The van der Waals surface area contributed by atoms with Crippen LogP contribution in [0.15, 0.2) is 101 Å². The van der Waals surface area contributed by atoms with Crippen LogP contribution in [0.4, 0.5) is 5.95 Å². The molecule has 0 saturated carbocycles. The van der Waals surface area contributed by atoms with Gasteiger partial charge in [0.1, 0.15) is 5.58 Å². The van der Waals surface area contributed by atoms with Gasteiger partial charge in [0, 0.05) is 46.2 Å². The van der Waals surface area contributed by atoms with Gasteiger partial charge in [-0.2, -0.15) is 0 Å². The van der Waals surface area contributed by atoms with Crippen molar-refractivity contribution in [2.75, 3.05) is 4.90 Å². The number of benzene rings is 2. The summed E-state index contributed by atoms with van der Waals surface area (Å²) in [6.07, 6.45) is 7.00. The molecule has 2 aromatic carbocycles. The Hall–Kier alpha value is -4.78. The van der Waals surface area contributed by atoms with Crippen molar-refractivity contribution in [3.8, 4) is 16.9 Å². The van der Waals surface area contributed by atoms with Gasteiger partial charge >= 0.3 is 0 Å². The van der Waals surface area contributed by atoms with Crippen molar-refractivity contribution in [2.24, 2.45) is 0 Å². The maximum absolute atomic E-state index is 13.5. The van der Waals surface area contributed by atoms with Crippen LogP contribution in [0, 0.1) is 0 Å². The van der Waals surface area contributed by atoms with Crippen molar-refractivity contribution in [1.29, 1.82) is 0 Å². The van der Waals surface area contributed by atoms with E-state index in [1.807, 2.05) is 65.6 Å². The smallest absolute Gasteiger partial charge is 0.225 e. The molecule has 0 fully saturated rings. The molecule has 0 N–H and O–H groups in total. The monoisotopic (exact) mass is 457 g/mol. The van der Waals surface area contributed by atoms with Gasteiger partial charge in [-0.15, -0.1) is 0 Å². The van der Waals surface area contributed by atoms with Crippen molar-refractivity contribution < 1.29 is 4.42 Å². The highest BCUT2D eigenvalue weighted by Gasteiger charge is 2.28. The highest BCUT2D eigenvalue weighted by Crippen LogP contribution is 2.31. The Morgan fingerprint density at radius 2 is 1.71 bits per heavy atom. The van der Waals surface area contributed by atoms with Crippen molar-refractivity contribution in [3.63, 3.8) is 0 Å². The van der Waals surface area contributed by atoms with Crippen LogP contribution in [0.1, 0.15) is 11.3 Å². The van der Waals surface area contributed by atoms with E-state index in [4.69, 9.17) is 4.42 Å². The number of nitrogens with zero attached hydrogens (tertiary/aromatic N) is 5. The summed E-state index contributed by atoms with van der Waals surface area (Å²) >= 11 is 0. The van der Waals surface area contributed by atoms with Gasteiger partial charge in [-0.25, -0.2) is 9.97 Å². The Morgan fingerprint density at radius 3 is 2.57 bits per heavy atom. The molecule has 7 nitrogen and oxygen atoms in total. The second-order valence-electron chi connectivity index (χ2n) is 8.59. The molecule has 4 aromatic heterocycles. The molecule has 35 heavy (non-hydrogen) atoms. The summed E-state index contributed by atoms with van der Waals surface area (Å²) in [6, 6.07) is 21.6. The number of pyridine rings is 2. The van der Waals surface area contributed by atoms with E-state index in [0.29, 0.717) is 24.4 Å². The van der Waals surface area contributed by atoms with Crippen LogP contribution in [0.5, 0.6) is 0 Å². The summed E-state index contributed by atoms with van der Waals surface area (Å²) in [7, 11) is 0. The van der Waals surface area contributed by atoms with Gasteiger partial charge in [0.2, 0.25) is 5.95 Å². The third-order valence-corrected chi connectivity index (χ3v) is 6.55. The summed E-state index contributed by atoms with van der Waals surface area (Å²) in [4.78, 5) is 29.1. The standard InChI is InChI=1S/C28H19N5O2/c34-27-21-5-1-2-7-24(21)33(20-8-9-26-18(13-20)10-12-35-26)25-17-32(16-22(25)27)28-30-14-19(15-31-28)23-6-3-4-11-29-23/h1-15H,16-17H2. The molecule has 0 aliphatic carbocycles. The van der Waals surface area contributed by atoms with Crippen LogP contribution in [-0.2, 0) is 13.1 Å². The molecule has 6 aromatic rings. The topological polar surface area (TPSA) is 77.0 Å². The maximum Gasteiger partial charge on any atom is 0.225 e. The zero-order chi connectivity index (χ0) is 23.4. The van der Waals surface area contributed by atoms with Crippen LogP contribution in [0.25, 0.3) is 38.8 Å². The predicted octanol–water partition coefficient (Wildman–Crippen LogP) is 5.11. The Morgan fingerprint density at radius 1 is 0.857 bits per heavy atom. The molecule has 7 rings (SSSR count). The van der Waals surface area contributed by atoms with E-state index >= 15 is 0 Å². The van der Waals surface area contributed by atoms with Crippen molar-refractivity contribution in [3.05, 3.63) is 113 Å². The highest BCUT2D eigenvalue weighted by atomic mass is 16.3. The average molecular weight is 457 g/mol. The van der Waals surface area contributed by atoms with Crippen LogP contribution in [0.2, 0.25) is 0 Å². The van der Waals surface area contributed by atoms with Gasteiger partial charge < -0.3 is 13.9 Å². The molecule has 1 aliphatic rings. The number of rotatable bonds is 3. The quantitative estimate of drug-likeness (QED) is 0.368. The first-order valence-electron chi connectivity index (χ1n) is 11.4. The van der Waals surface area contributed by atoms with Gasteiger partial charge in [0.25, 0.3) is 0 Å². The lowest BCUT2D eigenvalue weighted by Gasteiger charge is -2.18. The third kappa shape index (κ3) is 3.13. The average Bonchev–Trinajstić information content (AvgIpc) is 3.57. The zero-order valence-electron chi connectivity index (χ0n) is 18.6. The van der Waals surface area contributed by atoms with Gasteiger partial charge in [-0.1, -0.05) is 18.2 Å². The van der Waals surface area contributed by atoms with Crippen LogP contribution in [0.3, 0.4) is 0 Å². The molecule has 1 aliphatic heterocycles. The maximum atomic E-state index is 13.5. The number of para-hydroxylation sites is 1. The highest BCUT2D eigenvalue weighted by molar-refractivity contribution is 5.85. The minimum Gasteiger partial charge on any atom is -0.464 e. The summed E-state index contributed by atoms with van der Waals surface area (Å²) in [5.74, 6) is 0.584. The largest absolute Gasteiger partial charge is 0.464 e. The number of anilines is 1. The molecule has 168 valence electrons. The van der Waals surface area contributed by atoms with Crippen molar-refractivity contribution >= 4 is 27.8 Å². The normalized spacial score (nSPS) is 13.0. The van der Waals surface area contributed by atoms with E-state index in [-0.39, 0.29) is 5.43 Å². The Bertz CT molecular complexity index is 1770. The first-order valence-corrected chi connectivity index (χ1v) is 11.4. The molecule has 0 amide bonds. The van der Waals surface area contributed by atoms with Gasteiger partial charge in [-0.05, 0) is 48.5 Å². The molecule has 0 saturated heterocycles. The summed E-state index contributed by atoms with van der Waals surface area (Å²) < 4.78 is 7.72. The predicted molar refractivity (Wildman–Crippen MR) is 134 cm³/mol. The van der Waals surface area contributed by atoms with Gasteiger partial charge in [0.15, 0.2) is 5.43 Å². The second kappa shape index (κ2) is 7.63. The van der Waals surface area contributed by atoms with E-state index in [9.17, 15) is 4.79 Å². The molecule has 0 bridgehead atoms. The van der Waals surface area contributed by atoms with Gasteiger partial charge in [-0.3, -0.25) is 9.78 Å². The summed E-state index contributed by atoms with van der Waals surface area (Å²) in [6.45, 7) is 0.984. The third-order valence-electron chi connectivity index (χ3n) is 6.55. The number of hydrogen-bond donors (Lipinski definition) is 0. The lowest BCUT2D eigenvalue weighted by Crippen LogP contribution is -2.18. The van der Waals surface area contributed by atoms with Gasteiger partial charge in [0.05, 0.1) is 36.3 Å².